The Kier molecular flexibility index (Phi) is 4.93. The highest BCUT2D eigenvalue weighted by Crippen LogP contribution is 2.20. The van der Waals surface area contributed by atoms with Crippen molar-refractivity contribution < 1.29 is 13.6 Å². The van der Waals surface area contributed by atoms with Gasteiger partial charge in [-0.3, -0.25) is 9.69 Å². The molecule has 7 heteroatoms. The van der Waals surface area contributed by atoms with Crippen LogP contribution in [0.4, 0.5) is 5.69 Å². The quantitative estimate of drug-likeness (QED) is 0.697. The number of benzene rings is 1. The van der Waals surface area contributed by atoms with E-state index in [1.807, 2.05) is 23.1 Å². The molecule has 0 spiro atoms. The summed E-state index contributed by atoms with van der Waals surface area (Å²) < 4.78 is 10.4. The van der Waals surface area contributed by atoms with Gasteiger partial charge in [0, 0.05) is 50.7 Å². The molecule has 0 atom stereocenters. The molecule has 1 aliphatic heterocycles. The van der Waals surface area contributed by atoms with E-state index >= 15 is 0 Å². The number of hydrogen-bond donors (Lipinski definition) is 1. The molecular weight excluding hydrogens is 346 g/mol. The van der Waals surface area contributed by atoms with E-state index in [4.69, 9.17) is 8.83 Å². The maximum absolute atomic E-state index is 12.3. The summed E-state index contributed by atoms with van der Waals surface area (Å²) in [6, 6.07) is 12.4. The molecule has 3 aromatic rings. The molecular formula is C20H21N3O4. The van der Waals surface area contributed by atoms with E-state index in [2.05, 4.69) is 10.2 Å². The van der Waals surface area contributed by atoms with Crippen LogP contribution in [-0.2, 0) is 0 Å². The minimum atomic E-state index is -0.360. The van der Waals surface area contributed by atoms with Gasteiger partial charge < -0.3 is 19.1 Å². The predicted molar refractivity (Wildman–Crippen MR) is 102 cm³/mol. The SMILES string of the molecule is O=C(c1ccco1)N1CCN(CCNc2cc(=O)oc3ccccc23)CC1. The molecule has 1 amide bonds. The zero-order valence-corrected chi connectivity index (χ0v) is 14.9. The lowest BCUT2D eigenvalue weighted by molar-refractivity contribution is 0.0611. The monoisotopic (exact) mass is 367 g/mol. The number of furan rings is 1. The summed E-state index contributed by atoms with van der Waals surface area (Å²) in [5.41, 5.74) is 1.01. The van der Waals surface area contributed by atoms with E-state index in [9.17, 15) is 9.59 Å². The number of carbonyl (C=O) groups is 1. The van der Waals surface area contributed by atoms with Gasteiger partial charge in [-0.2, -0.15) is 0 Å². The van der Waals surface area contributed by atoms with Crippen LogP contribution in [0.2, 0.25) is 0 Å². The largest absolute Gasteiger partial charge is 0.459 e. The van der Waals surface area contributed by atoms with Crippen LogP contribution < -0.4 is 10.9 Å². The van der Waals surface area contributed by atoms with E-state index in [0.29, 0.717) is 31.0 Å². The molecule has 27 heavy (non-hydrogen) atoms. The van der Waals surface area contributed by atoms with Gasteiger partial charge in [-0.25, -0.2) is 4.79 Å². The van der Waals surface area contributed by atoms with Gasteiger partial charge in [0.2, 0.25) is 0 Å². The zero-order chi connectivity index (χ0) is 18.6. The minimum absolute atomic E-state index is 0.0553. The number of hydrogen-bond acceptors (Lipinski definition) is 6. The maximum Gasteiger partial charge on any atom is 0.338 e. The summed E-state index contributed by atoms with van der Waals surface area (Å²) in [6.07, 6.45) is 1.52. The Morgan fingerprint density at radius 2 is 1.89 bits per heavy atom. The van der Waals surface area contributed by atoms with Gasteiger partial charge in [0.1, 0.15) is 5.58 Å². The molecule has 0 bridgehead atoms. The number of para-hydroxylation sites is 1. The molecule has 2 aromatic heterocycles. The average molecular weight is 367 g/mol. The van der Waals surface area contributed by atoms with E-state index in [1.165, 1.54) is 12.3 Å². The first-order valence-electron chi connectivity index (χ1n) is 9.02. The zero-order valence-electron chi connectivity index (χ0n) is 14.9. The van der Waals surface area contributed by atoms with Crippen LogP contribution in [0.3, 0.4) is 0 Å². The third-order valence-corrected chi connectivity index (χ3v) is 4.78. The molecule has 7 nitrogen and oxygen atoms in total. The Morgan fingerprint density at radius 3 is 2.67 bits per heavy atom. The number of nitrogens with one attached hydrogen (secondary N) is 1. The van der Waals surface area contributed by atoms with Crippen LogP contribution in [0.15, 0.2) is 62.4 Å². The van der Waals surface area contributed by atoms with Crippen LogP contribution in [-0.4, -0.2) is 55.0 Å². The lowest BCUT2D eigenvalue weighted by atomic mass is 10.2. The molecule has 140 valence electrons. The van der Waals surface area contributed by atoms with Gasteiger partial charge in [0.05, 0.1) is 12.0 Å². The highest BCUT2D eigenvalue weighted by atomic mass is 16.4. The topological polar surface area (TPSA) is 78.9 Å². The number of fused-ring (bicyclic) bond motifs is 1. The summed E-state index contributed by atoms with van der Waals surface area (Å²) in [7, 11) is 0. The van der Waals surface area contributed by atoms with Gasteiger partial charge in [-0.1, -0.05) is 12.1 Å². The summed E-state index contributed by atoms with van der Waals surface area (Å²) in [6.45, 7) is 4.52. The van der Waals surface area contributed by atoms with E-state index in [0.717, 1.165) is 30.7 Å². The fraction of sp³-hybridized carbons (Fsp3) is 0.300. The molecule has 1 saturated heterocycles. The Balaban J connectivity index is 1.30. The van der Waals surface area contributed by atoms with Gasteiger partial charge >= 0.3 is 5.63 Å². The number of amides is 1. The van der Waals surface area contributed by atoms with Crippen LogP contribution in [0.25, 0.3) is 11.0 Å². The van der Waals surface area contributed by atoms with Crippen molar-refractivity contribution in [3.8, 4) is 0 Å². The number of rotatable bonds is 5. The van der Waals surface area contributed by atoms with Crippen molar-refractivity contribution in [2.45, 2.75) is 0 Å². The van der Waals surface area contributed by atoms with Crippen LogP contribution >= 0.6 is 0 Å². The highest BCUT2D eigenvalue weighted by Gasteiger charge is 2.23. The standard InChI is InChI=1S/C20H21N3O4/c24-19-14-16(15-4-1-2-5-17(15)27-19)21-7-8-22-9-11-23(12-10-22)20(25)18-6-3-13-26-18/h1-6,13-14,21H,7-12H2. The van der Waals surface area contributed by atoms with Crippen molar-refractivity contribution in [1.29, 1.82) is 0 Å². The Bertz CT molecular complexity index is 972. The van der Waals surface area contributed by atoms with Gasteiger partial charge in [0.15, 0.2) is 5.76 Å². The smallest absolute Gasteiger partial charge is 0.338 e. The normalized spacial score (nSPS) is 15.2. The molecule has 4 rings (SSSR count). The van der Waals surface area contributed by atoms with Gasteiger partial charge in [-0.05, 0) is 24.3 Å². The third kappa shape index (κ3) is 3.88. The number of carbonyl (C=O) groups excluding carboxylic acids is 1. The van der Waals surface area contributed by atoms with Crippen LogP contribution in [0, 0.1) is 0 Å². The first-order chi connectivity index (χ1) is 13.2. The van der Waals surface area contributed by atoms with E-state index < -0.39 is 0 Å². The number of piperazine rings is 1. The number of anilines is 1. The maximum atomic E-state index is 12.3. The fourth-order valence-corrected chi connectivity index (χ4v) is 3.34. The molecule has 0 unspecified atom stereocenters. The second-order valence-corrected chi connectivity index (χ2v) is 6.51. The van der Waals surface area contributed by atoms with Crippen molar-refractivity contribution in [3.05, 3.63) is 64.9 Å². The lowest BCUT2D eigenvalue weighted by Gasteiger charge is -2.34. The first-order valence-corrected chi connectivity index (χ1v) is 9.02. The number of nitrogens with zero attached hydrogens (tertiary/aromatic N) is 2. The molecule has 3 heterocycles. The van der Waals surface area contributed by atoms with Gasteiger partial charge in [-0.15, -0.1) is 0 Å². The summed E-state index contributed by atoms with van der Waals surface area (Å²) in [5, 5.41) is 4.23. The Hall–Kier alpha value is -3.06. The van der Waals surface area contributed by atoms with Gasteiger partial charge in [0.25, 0.3) is 5.91 Å². The molecule has 1 aliphatic rings. The summed E-state index contributed by atoms with van der Waals surface area (Å²) in [4.78, 5) is 28.1. The second-order valence-electron chi connectivity index (χ2n) is 6.51. The summed E-state index contributed by atoms with van der Waals surface area (Å²) >= 11 is 0. The molecule has 0 aliphatic carbocycles. The Labute approximate surface area is 156 Å². The fourth-order valence-electron chi connectivity index (χ4n) is 3.34. The second kappa shape index (κ2) is 7.67. The minimum Gasteiger partial charge on any atom is -0.459 e. The first kappa shape index (κ1) is 17.4. The molecule has 0 radical (unpaired) electrons. The summed E-state index contributed by atoms with van der Waals surface area (Å²) in [5.74, 6) is 0.333. The van der Waals surface area contributed by atoms with Crippen molar-refractivity contribution >= 4 is 22.6 Å². The van der Waals surface area contributed by atoms with Crippen molar-refractivity contribution in [2.24, 2.45) is 0 Å². The highest BCUT2D eigenvalue weighted by molar-refractivity contribution is 5.91. The van der Waals surface area contributed by atoms with Crippen LogP contribution in [0.5, 0.6) is 0 Å². The van der Waals surface area contributed by atoms with E-state index in [1.54, 1.807) is 18.2 Å². The predicted octanol–water partition coefficient (Wildman–Crippen LogP) is 2.26. The van der Waals surface area contributed by atoms with Crippen molar-refractivity contribution in [1.82, 2.24) is 9.80 Å². The third-order valence-electron chi connectivity index (χ3n) is 4.78. The van der Waals surface area contributed by atoms with Crippen molar-refractivity contribution in [2.75, 3.05) is 44.6 Å². The molecule has 0 saturated carbocycles. The molecule has 1 aromatic carbocycles. The average Bonchev–Trinajstić information content (AvgIpc) is 3.22. The molecule has 1 fully saturated rings. The van der Waals surface area contributed by atoms with E-state index in [-0.39, 0.29) is 11.5 Å². The van der Waals surface area contributed by atoms with Crippen molar-refractivity contribution in [3.63, 3.8) is 0 Å². The lowest BCUT2D eigenvalue weighted by Crippen LogP contribution is -2.49. The Morgan fingerprint density at radius 1 is 1.07 bits per heavy atom. The van der Waals surface area contributed by atoms with Crippen LogP contribution in [0.1, 0.15) is 10.6 Å². The molecule has 1 N–H and O–H groups in total.